The Hall–Kier alpha value is -2.21. The van der Waals surface area contributed by atoms with E-state index in [2.05, 4.69) is 4.98 Å². The number of carboxylic acids is 1. The van der Waals surface area contributed by atoms with Gasteiger partial charge in [0.15, 0.2) is 11.6 Å². The highest BCUT2D eigenvalue weighted by atomic mass is 32.1. The minimum absolute atomic E-state index is 0.0238. The molecule has 2 rings (SSSR count). The van der Waals surface area contributed by atoms with Crippen LogP contribution in [-0.4, -0.2) is 16.1 Å². The number of thiazole rings is 1. The summed E-state index contributed by atoms with van der Waals surface area (Å²) in [5, 5.41) is 11.4. The van der Waals surface area contributed by atoms with Crippen LogP contribution >= 0.6 is 11.3 Å². The molecule has 6 heteroatoms. The molecule has 1 aromatic heterocycles. The number of carboxylic acid groups (broad SMARTS) is 1. The van der Waals surface area contributed by atoms with Gasteiger partial charge in [-0.05, 0) is 19.1 Å². The number of rotatable bonds is 5. The Bertz CT molecular complexity index is 652. The Morgan fingerprint density at radius 2 is 2.35 bits per heavy atom. The Kier molecular flexibility index (Phi) is 4.47. The number of benzene rings is 1. The van der Waals surface area contributed by atoms with E-state index in [1.165, 1.54) is 29.5 Å². The van der Waals surface area contributed by atoms with E-state index in [9.17, 15) is 9.18 Å². The van der Waals surface area contributed by atoms with Crippen molar-refractivity contribution in [3.05, 3.63) is 51.7 Å². The number of aromatic nitrogens is 1. The van der Waals surface area contributed by atoms with Crippen LogP contribution in [0.15, 0.2) is 29.7 Å². The molecule has 0 radical (unpaired) electrons. The molecule has 0 saturated heterocycles. The van der Waals surface area contributed by atoms with Gasteiger partial charge >= 0.3 is 5.97 Å². The molecule has 0 amide bonds. The molecule has 0 atom stereocenters. The molecule has 0 aliphatic rings. The molecule has 2 aromatic rings. The topological polar surface area (TPSA) is 59.4 Å². The second kappa shape index (κ2) is 6.29. The SMILES string of the molecule is Cc1nc(COc2c(F)cccc2/C=C/C(=O)O)cs1. The van der Waals surface area contributed by atoms with Crippen molar-refractivity contribution >= 4 is 23.4 Å². The molecule has 1 heterocycles. The molecule has 0 unspecified atom stereocenters. The zero-order valence-corrected chi connectivity index (χ0v) is 11.5. The summed E-state index contributed by atoms with van der Waals surface area (Å²) in [6.07, 6.45) is 2.24. The summed E-state index contributed by atoms with van der Waals surface area (Å²) in [6.45, 7) is 2.01. The molecular formula is C14H12FNO3S. The fourth-order valence-electron chi connectivity index (χ4n) is 1.59. The summed E-state index contributed by atoms with van der Waals surface area (Å²) in [4.78, 5) is 14.7. The van der Waals surface area contributed by atoms with Gasteiger partial charge in [-0.3, -0.25) is 0 Å². The number of aliphatic carboxylic acids is 1. The van der Waals surface area contributed by atoms with Gasteiger partial charge in [-0.25, -0.2) is 14.2 Å². The summed E-state index contributed by atoms with van der Waals surface area (Å²) in [7, 11) is 0. The van der Waals surface area contributed by atoms with Crippen molar-refractivity contribution in [3.8, 4) is 5.75 Å². The highest BCUT2D eigenvalue weighted by molar-refractivity contribution is 7.09. The normalized spacial score (nSPS) is 10.9. The highest BCUT2D eigenvalue weighted by Gasteiger charge is 2.09. The minimum atomic E-state index is -1.10. The second-order valence-electron chi connectivity index (χ2n) is 3.98. The van der Waals surface area contributed by atoms with E-state index in [1.807, 2.05) is 12.3 Å². The van der Waals surface area contributed by atoms with E-state index in [1.54, 1.807) is 6.07 Å². The van der Waals surface area contributed by atoms with Gasteiger partial charge in [0.2, 0.25) is 0 Å². The summed E-state index contributed by atoms with van der Waals surface area (Å²) >= 11 is 1.49. The zero-order chi connectivity index (χ0) is 14.5. The lowest BCUT2D eigenvalue weighted by atomic mass is 10.2. The number of hydrogen-bond donors (Lipinski definition) is 1. The monoisotopic (exact) mass is 293 g/mol. The van der Waals surface area contributed by atoms with E-state index in [-0.39, 0.29) is 12.4 Å². The number of hydrogen-bond acceptors (Lipinski definition) is 4. The molecule has 0 aliphatic heterocycles. The Balaban J connectivity index is 2.19. The minimum Gasteiger partial charge on any atom is -0.484 e. The highest BCUT2D eigenvalue weighted by Crippen LogP contribution is 2.25. The number of carbonyl (C=O) groups is 1. The predicted octanol–water partition coefficient (Wildman–Crippen LogP) is 3.27. The van der Waals surface area contributed by atoms with Crippen molar-refractivity contribution in [2.75, 3.05) is 0 Å². The molecule has 0 aliphatic carbocycles. The van der Waals surface area contributed by atoms with Crippen LogP contribution in [0.4, 0.5) is 4.39 Å². The fourth-order valence-corrected chi connectivity index (χ4v) is 2.19. The average Bonchev–Trinajstić information content (AvgIpc) is 2.81. The van der Waals surface area contributed by atoms with Gasteiger partial charge in [-0.2, -0.15) is 0 Å². The lowest BCUT2D eigenvalue weighted by Crippen LogP contribution is -2.00. The molecular weight excluding hydrogens is 281 g/mol. The number of halogens is 1. The maximum Gasteiger partial charge on any atom is 0.328 e. The van der Waals surface area contributed by atoms with Crippen LogP contribution in [0.1, 0.15) is 16.3 Å². The first-order valence-electron chi connectivity index (χ1n) is 5.79. The van der Waals surface area contributed by atoms with Crippen LogP contribution in [-0.2, 0) is 11.4 Å². The molecule has 0 fully saturated rings. The first kappa shape index (κ1) is 14.2. The third-order valence-corrected chi connectivity index (χ3v) is 3.26. The van der Waals surface area contributed by atoms with Gasteiger partial charge in [0.1, 0.15) is 6.61 Å². The van der Waals surface area contributed by atoms with Gasteiger partial charge < -0.3 is 9.84 Å². The van der Waals surface area contributed by atoms with Gasteiger partial charge in [0.25, 0.3) is 0 Å². The molecule has 1 N–H and O–H groups in total. The van der Waals surface area contributed by atoms with Crippen LogP contribution < -0.4 is 4.74 Å². The van der Waals surface area contributed by atoms with Crippen LogP contribution in [0.25, 0.3) is 6.08 Å². The number of para-hydroxylation sites is 1. The van der Waals surface area contributed by atoms with Gasteiger partial charge in [0, 0.05) is 17.0 Å². The van der Waals surface area contributed by atoms with E-state index < -0.39 is 11.8 Å². The lowest BCUT2D eigenvalue weighted by Gasteiger charge is -2.08. The second-order valence-corrected chi connectivity index (χ2v) is 5.04. The number of ether oxygens (including phenoxy) is 1. The fraction of sp³-hybridized carbons (Fsp3) is 0.143. The molecule has 104 valence electrons. The van der Waals surface area contributed by atoms with E-state index in [0.29, 0.717) is 11.3 Å². The molecule has 0 bridgehead atoms. The molecule has 1 aromatic carbocycles. The smallest absolute Gasteiger partial charge is 0.328 e. The van der Waals surface area contributed by atoms with Gasteiger partial charge in [0.05, 0.1) is 10.7 Å². The maximum atomic E-state index is 13.8. The average molecular weight is 293 g/mol. The lowest BCUT2D eigenvalue weighted by molar-refractivity contribution is -0.131. The quantitative estimate of drug-likeness (QED) is 0.860. The van der Waals surface area contributed by atoms with Gasteiger partial charge in [-0.1, -0.05) is 12.1 Å². The predicted molar refractivity (Wildman–Crippen MR) is 74.3 cm³/mol. The third-order valence-electron chi connectivity index (χ3n) is 2.43. The van der Waals surface area contributed by atoms with E-state index in [4.69, 9.17) is 9.84 Å². The number of aryl methyl sites for hydroxylation is 1. The maximum absolute atomic E-state index is 13.8. The van der Waals surface area contributed by atoms with Crippen molar-refractivity contribution in [1.29, 1.82) is 0 Å². The van der Waals surface area contributed by atoms with Crippen LogP contribution in [0.2, 0.25) is 0 Å². The Morgan fingerprint density at radius 3 is 3.00 bits per heavy atom. The molecule has 0 saturated carbocycles. The zero-order valence-electron chi connectivity index (χ0n) is 10.7. The van der Waals surface area contributed by atoms with Crippen molar-refractivity contribution in [2.24, 2.45) is 0 Å². The first-order valence-corrected chi connectivity index (χ1v) is 6.67. The summed E-state index contributed by atoms with van der Waals surface area (Å²) < 4.78 is 19.2. The first-order chi connectivity index (χ1) is 9.56. The van der Waals surface area contributed by atoms with Crippen molar-refractivity contribution < 1.29 is 19.0 Å². The number of nitrogens with zero attached hydrogens (tertiary/aromatic N) is 1. The van der Waals surface area contributed by atoms with Gasteiger partial charge in [-0.15, -0.1) is 11.3 Å². The largest absolute Gasteiger partial charge is 0.484 e. The molecule has 0 spiro atoms. The molecule has 20 heavy (non-hydrogen) atoms. The van der Waals surface area contributed by atoms with Crippen LogP contribution in [0.3, 0.4) is 0 Å². The van der Waals surface area contributed by atoms with Crippen molar-refractivity contribution in [1.82, 2.24) is 4.98 Å². The van der Waals surface area contributed by atoms with Crippen molar-refractivity contribution in [2.45, 2.75) is 13.5 Å². The van der Waals surface area contributed by atoms with E-state index in [0.717, 1.165) is 11.1 Å². The summed E-state index contributed by atoms with van der Waals surface area (Å²) in [6, 6.07) is 4.35. The molecule has 4 nitrogen and oxygen atoms in total. The summed E-state index contributed by atoms with van der Waals surface area (Å²) in [5.41, 5.74) is 1.09. The third kappa shape index (κ3) is 3.64. The van der Waals surface area contributed by atoms with E-state index >= 15 is 0 Å². The van der Waals surface area contributed by atoms with Crippen LogP contribution in [0, 0.1) is 12.7 Å². The summed E-state index contributed by atoms with van der Waals surface area (Å²) in [5.74, 6) is -1.62. The Morgan fingerprint density at radius 1 is 1.55 bits per heavy atom. The standard InChI is InChI=1S/C14H12FNO3S/c1-9-16-11(8-20-9)7-19-14-10(5-6-13(17)18)3-2-4-12(14)15/h2-6,8H,7H2,1H3,(H,17,18)/b6-5+. The Labute approximate surface area is 119 Å². The van der Waals surface area contributed by atoms with Crippen LogP contribution in [0.5, 0.6) is 5.75 Å². The van der Waals surface area contributed by atoms with Crippen molar-refractivity contribution in [3.63, 3.8) is 0 Å².